The van der Waals surface area contributed by atoms with Crippen molar-refractivity contribution < 1.29 is 4.74 Å². The quantitative estimate of drug-likeness (QED) is 0.172. The molecule has 0 spiro atoms. The van der Waals surface area contributed by atoms with E-state index >= 15 is 0 Å². The summed E-state index contributed by atoms with van der Waals surface area (Å²) in [6.07, 6.45) is 4.57. The van der Waals surface area contributed by atoms with Crippen molar-refractivity contribution in [3.63, 3.8) is 0 Å². The van der Waals surface area contributed by atoms with Crippen molar-refractivity contribution in [1.82, 2.24) is 0 Å². The molecule has 2 heteroatoms. The van der Waals surface area contributed by atoms with Crippen molar-refractivity contribution >= 4 is 5.57 Å². The highest BCUT2D eigenvalue weighted by molar-refractivity contribution is 5.87. The van der Waals surface area contributed by atoms with Gasteiger partial charge in [-0.25, -0.2) is 0 Å². The monoisotopic (exact) mass is 435 g/mol. The summed E-state index contributed by atoms with van der Waals surface area (Å²) < 4.78 is 6.09. The lowest BCUT2D eigenvalue weighted by molar-refractivity contribution is 0.164. The molecule has 0 saturated carbocycles. The zero-order valence-electron chi connectivity index (χ0n) is 19.8. The highest BCUT2D eigenvalue weighted by Crippen LogP contribution is 2.32. The Morgan fingerprint density at radius 2 is 1.42 bits per heavy atom. The van der Waals surface area contributed by atoms with Gasteiger partial charge in [0.25, 0.3) is 0 Å². The summed E-state index contributed by atoms with van der Waals surface area (Å²) >= 11 is 0. The van der Waals surface area contributed by atoms with E-state index in [1.54, 1.807) is 0 Å². The van der Waals surface area contributed by atoms with E-state index < -0.39 is 0 Å². The van der Waals surface area contributed by atoms with Gasteiger partial charge in [0.1, 0.15) is 17.4 Å². The van der Waals surface area contributed by atoms with Crippen LogP contribution in [0.2, 0.25) is 0 Å². The standard InChI is InChI=1S/C31H33NO/c1-4-6-13-25(5-2)23-33-24(3)30(22-32)31(28-16-11-8-12-17-28)29-20-18-27(19-21-29)26-14-9-7-10-15-26/h7-12,14-21,25H,3-6,13,23H2,1-2H3/b31-30-. The van der Waals surface area contributed by atoms with E-state index in [0.29, 0.717) is 23.9 Å². The second-order valence-corrected chi connectivity index (χ2v) is 8.32. The van der Waals surface area contributed by atoms with Gasteiger partial charge < -0.3 is 4.74 Å². The van der Waals surface area contributed by atoms with Gasteiger partial charge in [0.05, 0.1) is 6.61 Å². The zero-order chi connectivity index (χ0) is 23.5. The lowest BCUT2D eigenvalue weighted by atomic mass is 9.91. The molecule has 0 radical (unpaired) electrons. The summed E-state index contributed by atoms with van der Waals surface area (Å²) in [4.78, 5) is 0. The van der Waals surface area contributed by atoms with Crippen molar-refractivity contribution in [2.24, 2.45) is 5.92 Å². The molecule has 0 saturated heterocycles. The molecule has 3 rings (SSSR count). The van der Waals surface area contributed by atoms with Crippen LogP contribution in [0.5, 0.6) is 0 Å². The van der Waals surface area contributed by atoms with Gasteiger partial charge in [-0.05, 0) is 34.6 Å². The number of hydrogen-bond acceptors (Lipinski definition) is 2. The molecular weight excluding hydrogens is 402 g/mol. The predicted octanol–water partition coefficient (Wildman–Crippen LogP) is 8.43. The number of allylic oxidation sites excluding steroid dienone is 1. The number of ether oxygens (including phenoxy) is 1. The molecule has 168 valence electrons. The number of unbranched alkanes of at least 4 members (excludes halogenated alkanes) is 1. The Hall–Kier alpha value is -3.57. The van der Waals surface area contributed by atoms with Gasteiger partial charge in [0, 0.05) is 5.57 Å². The molecule has 0 aliphatic heterocycles. The molecule has 0 aliphatic rings. The minimum Gasteiger partial charge on any atom is -0.493 e. The molecule has 0 aliphatic carbocycles. The molecule has 1 unspecified atom stereocenters. The van der Waals surface area contributed by atoms with Crippen LogP contribution >= 0.6 is 0 Å². The van der Waals surface area contributed by atoms with Crippen LogP contribution in [-0.4, -0.2) is 6.61 Å². The molecule has 0 aromatic heterocycles. The first-order valence-electron chi connectivity index (χ1n) is 11.9. The van der Waals surface area contributed by atoms with Gasteiger partial charge in [-0.3, -0.25) is 0 Å². The van der Waals surface area contributed by atoms with E-state index in [1.165, 1.54) is 18.4 Å². The lowest BCUT2D eigenvalue weighted by Crippen LogP contribution is -2.10. The number of nitriles is 1. The van der Waals surface area contributed by atoms with E-state index in [9.17, 15) is 5.26 Å². The molecule has 0 fully saturated rings. The van der Waals surface area contributed by atoms with Gasteiger partial charge in [0.2, 0.25) is 0 Å². The Morgan fingerprint density at radius 3 is 2.00 bits per heavy atom. The first kappa shape index (κ1) is 24.1. The van der Waals surface area contributed by atoms with Crippen LogP contribution in [0, 0.1) is 17.2 Å². The Labute approximate surface area is 198 Å². The molecule has 33 heavy (non-hydrogen) atoms. The SMILES string of the molecule is C=C(OCC(CC)CCCC)/C(C#N)=C(/c1ccccc1)c1ccc(-c2ccccc2)cc1. The third kappa shape index (κ3) is 6.46. The molecule has 0 heterocycles. The predicted molar refractivity (Wildman–Crippen MR) is 138 cm³/mol. The topological polar surface area (TPSA) is 33.0 Å². The summed E-state index contributed by atoms with van der Waals surface area (Å²) in [6, 6.07) is 31.1. The third-order valence-corrected chi connectivity index (χ3v) is 6.02. The van der Waals surface area contributed by atoms with Gasteiger partial charge in [0.15, 0.2) is 0 Å². The Bertz CT molecular complexity index is 1090. The maximum absolute atomic E-state index is 10.1. The minimum absolute atomic E-state index is 0.443. The fourth-order valence-corrected chi connectivity index (χ4v) is 3.97. The second-order valence-electron chi connectivity index (χ2n) is 8.32. The largest absolute Gasteiger partial charge is 0.493 e. The van der Waals surface area contributed by atoms with Crippen molar-refractivity contribution in [2.75, 3.05) is 6.61 Å². The van der Waals surface area contributed by atoms with E-state index in [4.69, 9.17) is 4.74 Å². The molecule has 2 nitrogen and oxygen atoms in total. The fourth-order valence-electron chi connectivity index (χ4n) is 3.97. The highest BCUT2D eigenvalue weighted by Gasteiger charge is 2.17. The second kappa shape index (κ2) is 12.5. The van der Waals surface area contributed by atoms with Crippen LogP contribution in [-0.2, 0) is 4.74 Å². The lowest BCUT2D eigenvalue weighted by Gasteiger charge is -2.19. The van der Waals surface area contributed by atoms with Crippen molar-refractivity contribution in [3.05, 3.63) is 114 Å². The molecule has 0 N–H and O–H groups in total. The van der Waals surface area contributed by atoms with Gasteiger partial charge >= 0.3 is 0 Å². The van der Waals surface area contributed by atoms with E-state index in [1.807, 2.05) is 48.5 Å². The Kier molecular flexibility index (Phi) is 9.09. The maximum Gasteiger partial charge on any atom is 0.130 e. The first-order chi connectivity index (χ1) is 16.2. The molecule has 1 atom stereocenters. The average Bonchev–Trinajstić information content (AvgIpc) is 2.88. The molecule has 0 bridgehead atoms. The number of rotatable bonds is 11. The summed E-state index contributed by atoms with van der Waals surface area (Å²) in [7, 11) is 0. The van der Waals surface area contributed by atoms with E-state index in [2.05, 4.69) is 62.9 Å². The molecule has 0 amide bonds. The van der Waals surface area contributed by atoms with E-state index in [0.717, 1.165) is 35.1 Å². The maximum atomic E-state index is 10.1. The third-order valence-electron chi connectivity index (χ3n) is 6.02. The van der Waals surface area contributed by atoms with Crippen LogP contribution in [0.4, 0.5) is 0 Å². The van der Waals surface area contributed by atoms with Crippen molar-refractivity contribution in [3.8, 4) is 17.2 Å². The Balaban J connectivity index is 1.95. The number of hydrogen-bond donors (Lipinski definition) is 0. The normalized spacial score (nSPS) is 12.4. The molecule has 3 aromatic rings. The van der Waals surface area contributed by atoms with Crippen LogP contribution in [0.15, 0.2) is 103 Å². The van der Waals surface area contributed by atoms with Crippen LogP contribution in [0.1, 0.15) is 50.7 Å². The number of benzene rings is 3. The summed E-state index contributed by atoms with van der Waals surface area (Å²) in [5, 5.41) is 10.1. The first-order valence-corrected chi connectivity index (χ1v) is 11.9. The summed E-state index contributed by atoms with van der Waals surface area (Å²) in [6.45, 7) is 9.14. The summed E-state index contributed by atoms with van der Waals surface area (Å²) in [5.41, 5.74) is 5.59. The van der Waals surface area contributed by atoms with Gasteiger partial charge in [-0.1, -0.05) is 125 Å². The van der Waals surface area contributed by atoms with Crippen LogP contribution in [0.3, 0.4) is 0 Å². The molecule has 3 aromatic carbocycles. The number of nitrogens with zero attached hydrogens (tertiary/aromatic N) is 1. The van der Waals surface area contributed by atoms with Crippen LogP contribution in [0.25, 0.3) is 16.7 Å². The Morgan fingerprint density at radius 1 is 0.848 bits per heavy atom. The fraction of sp³-hybridized carbons (Fsp3) is 0.258. The van der Waals surface area contributed by atoms with Gasteiger partial charge in [-0.2, -0.15) is 5.26 Å². The smallest absolute Gasteiger partial charge is 0.130 e. The van der Waals surface area contributed by atoms with Crippen molar-refractivity contribution in [2.45, 2.75) is 39.5 Å². The molecular formula is C31H33NO. The van der Waals surface area contributed by atoms with Crippen LogP contribution < -0.4 is 0 Å². The highest BCUT2D eigenvalue weighted by atomic mass is 16.5. The van der Waals surface area contributed by atoms with Gasteiger partial charge in [-0.15, -0.1) is 0 Å². The van der Waals surface area contributed by atoms with Crippen molar-refractivity contribution in [1.29, 1.82) is 5.26 Å². The average molecular weight is 436 g/mol. The minimum atomic E-state index is 0.443. The van der Waals surface area contributed by atoms with E-state index in [-0.39, 0.29) is 0 Å². The summed E-state index contributed by atoms with van der Waals surface area (Å²) in [5.74, 6) is 0.922. The zero-order valence-corrected chi connectivity index (χ0v) is 19.8.